The largest absolute Gasteiger partial charge is 0.347 e. The quantitative estimate of drug-likeness (QED) is 0.672. The maximum absolute atomic E-state index is 10.8. The van der Waals surface area contributed by atoms with E-state index < -0.39 is 0 Å². The molecule has 1 rings (SSSR count). The van der Waals surface area contributed by atoms with Crippen LogP contribution in [0.25, 0.3) is 0 Å². The Hall–Kier alpha value is -1.98. The molecule has 6 heteroatoms. The fraction of sp³-hybridized carbons (Fsp3) is 0.333. The summed E-state index contributed by atoms with van der Waals surface area (Å²) in [7, 11) is 0. The zero-order chi connectivity index (χ0) is 11.3. The Balaban J connectivity index is 2.49. The van der Waals surface area contributed by atoms with Gasteiger partial charge in [0.15, 0.2) is 5.78 Å². The van der Waals surface area contributed by atoms with Gasteiger partial charge in [-0.3, -0.25) is 9.59 Å². The Bertz CT molecular complexity index is 383. The van der Waals surface area contributed by atoms with Crippen LogP contribution >= 0.6 is 0 Å². The van der Waals surface area contributed by atoms with Crippen molar-refractivity contribution in [3.05, 3.63) is 24.5 Å². The minimum atomic E-state index is -0.267. The summed E-state index contributed by atoms with van der Waals surface area (Å²) in [6.45, 7) is 5.27. The highest BCUT2D eigenvalue weighted by atomic mass is 16.1. The molecule has 1 aromatic heterocycles. The van der Waals surface area contributed by atoms with Crippen LogP contribution < -0.4 is 5.32 Å². The minimum Gasteiger partial charge on any atom is -0.347 e. The first kappa shape index (κ1) is 11.1. The van der Waals surface area contributed by atoms with Crippen LogP contribution in [0.15, 0.2) is 18.9 Å². The van der Waals surface area contributed by atoms with Gasteiger partial charge in [0.2, 0.25) is 5.91 Å². The van der Waals surface area contributed by atoms with E-state index in [1.807, 2.05) is 0 Å². The Morgan fingerprint density at radius 1 is 1.67 bits per heavy atom. The van der Waals surface area contributed by atoms with Crippen LogP contribution in [0.3, 0.4) is 0 Å². The fourth-order valence-electron chi connectivity index (χ4n) is 0.975. The third-order valence-corrected chi connectivity index (χ3v) is 1.60. The van der Waals surface area contributed by atoms with Crippen molar-refractivity contribution >= 4 is 11.7 Å². The number of carbonyl (C=O) groups is 2. The molecule has 0 bridgehead atoms. The van der Waals surface area contributed by atoms with Gasteiger partial charge in [-0.05, 0) is 13.0 Å². The van der Waals surface area contributed by atoms with Gasteiger partial charge < -0.3 is 5.32 Å². The summed E-state index contributed by atoms with van der Waals surface area (Å²) in [5, 5.41) is 10.1. The number of aromatic nitrogens is 3. The van der Waals surface area contributed by atoms with Gasteiger partial charge in [-0.25, -0.2) is 4.68 Å². The van der Waals surface area contributed by atoms with Crippen LogP contribution in [-0.4, -0.2) is 26.7 Å². The van der Waals surface area contributed by atoms with Crippen molar-refractivity contribution in [2.75, 3.05) is 0 Å². The number of hydrogen-bond acceptors (Lipinski definition) is 4. The number of carbonyl (C=O) groups excluding carboxylic acids is 2. The molecule has 1 heterocycles. The summed E-state index contributed by atoms with van der Waals surface area (Å²) in [4.78, 5) is 21.6. The molecule has 80 valence electrons. The van der Waals surface area contributed by atoms with E-state index in [2.05, 4.69) is 22.2 Å². The second-order valence-corrected chi connectivity index (χ2v) is 3.03. The first-order valence-corrected chi connectivity index (χ1v) is 4.40. The van der Waals surface area contributed by atoms with Crippen LogP contribution in [0.2, 0.25) is 0 Å². The van der Waals surface area contributed by atoms with Gasteiger partial charge in [-0.15, -0.1) is 5.10 Å². The highest BCUT2D eigenvalue weighted by Crippen LogP contribution is 1.92. The lowest BCUT2D eigenvalue weighted by molar-refractivity contribution is -0.118. The number of Topliss-reactive ketones (excluding diaryl/α,β-unsaturated/α-hetero) is 1. The Labute approximate surface area is 87.0 Å². The van der Waals surface area contributed by atoms with E-state index >= 15 is 0 Å². The zero-order valence-electron chi connectivity index (χ0n) is 8.43. The molecule has 0 atom stereocenters. The van der Waals surface area contributed by atoms with Crippen LogP contribution in [0.1, 0.15) is 12.6 Å². The van der Waals surface area contributed by atoms with E-state index in [4.69, 9.17) is 0 Å². The van der Waals surface area contributed by atoms with E-state index in [9.17, 15) is 9.59 Å². The predicted molar refractivity (Wildman–Crippen MR) is 52.7 cm³/mol. The number of amides is 1. The molecule has 0 unspecified atom stereocenters. The standard InChI is InChI=1S/C9H12N4O2/c1-3-9(15)10-4-8-6-13(12-11-8)5-7(2)14/h3,6H,1,4-5H2,2H3,(H,10,15). The van der Waals surface area contributed by atoms with Crippen molar-refractivity contribution in [1.29, 1.82) is 0 Å². The van der Waals surface area contributed by atoms with E-state index in [1.54, 1.807) is 6.20 Å². The van der Waals surface area contributed by atoms with Crippen molar-refractivity contribution in [3.63, 3.8) is 0 Å². The van der Waals surface area contributed by atoms with Gasteiger partial charge in [0.05, 0.1) is 12.7 Å². The summed E-state index contributed by atoms with van der Waals surface area (Å²) >= 11 is 0. The van der Waals surface area contributed by atoms with Crippen LogP contribution in [0.5, 0.6) is 0 Å². The highest BCUT2D eigenvalue weighted by molar-refractivity contribution is 5.86. The van der Waals surface area contributed by atoms with Crippen molar-refractivity contribution in [3.8, 4) is 0 Å². The van der Waals surface area contributed by atoms with Gasteiger partial charge in [0, 0.05) is 0 Å². The van der Waals surface area contributed by atoms with E-state index in [-0.39, 0.29) is 24.8 Å². The molecule has 1 aromatic rings. The number of hydrogen-bond donors (Lipinski definition) is 1. The molecule has 0 radical (unpaired) electrons. The Morgan fingerprint density at radius 2 is 2.40 bits per heavy atom. The monoisotopic (exact) mass is 208 g/mol. The van der Waals surface area contributed by atoms with E-state index in [0.717, 1.165) is 0 Å². The van der Waals surface area contributed by atoms with Gasteiger partial charge in [-0.2, -0.15) is 0 Å². The maximum atomic E-state index is 10.8. The van der Waals surface area contributed by atoms with Crippen molar-refractivity contribution < 1.29 is 9.59 Å². The summed E-state index contributed by atoms with van der Waals surface area (Å²) in [6.07, 6.45) is 2.80. The normalized spacial score (nSPS) is 9.67. The molecular weight excluding hydrogens is 196 g/mol. The first-order valence-electron chi connectivity index (χ1n) is 4.40. The summed E-state index contributed by atoms with van der Waals surface area (Å²) < 4.78 is 1.43. The summed E-state index contributed by atoms with van der Waals surface area (Å²) in [5.41, 5.74) is 0.603. The number of ketones is 1. The van der Waals surface area contributed by atoms with Crippen LogP contribution in [-0.2, 0) is 22.7 Å². The number of nitrogens with one attached hydrogen (secondary N) is 1. The maximum Gasteiger partial charge on any atom is 0.243 e. The zero-order valence-corrected chi connectivity index (χ0v) is 8.43. The summed E-state index contributed by atoms with van der Waals surface area (Å²) in [5.74, 6) is -0.266. The van der Waals surface area contributed by atoms with Gasteiger partial charge in [0.1, 0.15) is 12.2 Å². The topological polar surface area (TPSA) is 76.9 Å². The molecule has 0 aliphatic heterocycles. The first-order chi connectivity index (χ1) is 7.11. The molecule has 6 nitrogen and oxygen atoms in total. The number of nitrogens with zero attached hydrogens (tertiary/aromatic N) is 3. The molecular formula is C9H12N4O2. The molecule has 0 saturated heterocycles. The van der Waals surface area contributed by atoms with Crippen LogP contribution in [0, 0.1) is 0 Å². The molecule has 0 aromatic carbocycles. The van der Waals surface area contributed by atoms with E-state index in [1.165, 1.54) is 17.7 Å². The molecule has 1 amide bonds. The molecule has 0 spiro atoms. The second kappa shape index (κ2) is 5.04. The lowest BCUT2D eigenvalue weighted by atomic mass is 10.4. The smallest absolute Gasteiger partial charge is 0.243 e. The van der Waals surface area contributed by atoms with Gasteiger partial charge in [-0.1, -0.05) is 11.8 Å². The van der Waals surface area contributed by atoms with Gasteiger partial charge >= 0.3 is 0 Å². The van der Waals surface area contributed by atoms with Crippen LogP contribution in [0.4, 0.5) is 0 Å². The summed E-state index contributed by atoms with van der Waals surface area (Å²) in [6, 6.07) is 0. The molecule has 0 saturated carbocycles. The molecule has 1 N–H and O–H groups in total. The molecule has 0 fully saturated rings. The predicted octanol–water partition coefficient (Wildman–Crippen LogP) is -0.331. The SMILES string of the molecule is C=CC(=O)NCc1cn(CC(C)=O)nn1. The van der Waals surface area contributed by atoms with E-state index in [0.29, 0.717) is 5.69 Å². The van der Waals surface area contributed by atoms with Crippen molar-refractivity contribution in [2.24, 2.45) is 0 Å². The third kappa shape index (κ3) is 3.72. The fourth-order valence-corrected chi connectivity index (χ4v) is 0.975. The second-order valence-electron chi connectivity index (χ2n) is 3.03. The number of rotatable bonds is 5. The lowest BCUT2D eigenvalue weighted by Crippen LogP contribution is -2.20. The molecule has 15 heavy (non-hydrogen) atoms. The average molecular weight is 208 g/mol. The Morgan fingerprint density at radius 3 is 3.00 bits per heavy atom. The minimum absolute atomic E-state index is 0.00146. The highest BCUT2D eigenvalue weighted by Gasteiger charge is 2.03. The van der Waals surface area contributed by atoms with Crippen molar-refractivity contribution in [1.82, 2.24) is 20.3 Å². The van der Waals surface area contributed by atoms with Gasteiger partial charge in [0.25, 0.3) is 0 Å². The molecule has 0 aliphatic rings. The average Bonchev–Trinajstić information content (AvgIpc) is 2.61. The third-order valence-electron chi connectivity index (χ3n) is 1.60. The molecule has 0 aliphatic carbocycles. The van der Waals surface area contributed by atoms with Crippen molar-refractivity contribution in [2.45, 2.75) is 20.0 Å². The Kier molecular flexibility index (Phi) is 3.73. The lowest BCUT2D eigenvalue weighted by Gasteiger charge is -1.96.